The Labute approximate surface area is 110 Å². The molecule has 0 radical (unpaired) electrons. The maximum absolute atomic E-state index is 10.6. The van der Waals surface area contributed by atoms with Gasteiger partial charge in [0.25, 0.3) is 0 Å². The summed E-state index contributed by atoms with van der Waals surface area (Å²) in [4.78, 5) is 10.6. The maximum Gasteiger partial charge on any atom is 0.328 e. The average Bonchev–Trinajstić information content (AvgIpc) is 2.88. The van der Waals surface area contributed by atoms with Crippen LogP contribution in [0.15, 0.2) is 41.1 Å². The minimum Gasteiger partial charge on any atom is -0.485 e. The molecular formula is C14H13NO4. The molecule has 19 heavy (non-hydrogen) atoms. The van der Waals surface area contributed by atoms with E-state index in [2.05, 4.69) is 5.16 Å². The Kier molecular flexibility index (Phi) is 3.97. The van der Waals surface area contributed by atoms with Gasteiger partial charge in [0.2, 0.25) is 0 Å². The Morgan fingerprint density at radius 2 is 2.32 bits per heavy atom. The van der Waals surface area contributed by atoms with Crippen LogP contribution in [0.2, 0.25) is 0 Å². The van der Waals surface area contributed by atoms with Gasteiger partial charge in [0.05, 0.1) is 6.20 Å². The third kappa shape index (κ3) is 3.70. The first-order chi connectivity index (χ1) is 9.15. The second kappa shape index (κ2) is 5.86. The molecular weight excluding hydrogens is 246 g/mol. The molecule has 0 saturated carbocycles. The molecule has 2 aromatic rings. The fraction of sp³-hybridized carbons (Fsp3) is 0.143. The molecule has 0 unspecified atom stereocenters. The molecule has 1 N–H and O–H groups in total. The average molecular weight is 259 g/mol. The van der Waals surface area contributed by atoms with Crippen molar-refractivity contribution in [3.63, 3.8) is 0 Å². The molecule has 1 aromatic heterocycles. The van der Waals surface area contributed by atoms with Gasteiger partial charge in [-0.15, -0.1) is 0 Å². The zero-order valence-electron chi connectivity index (χ0n) is 10.4. The van der Waals surface area contributed by atoms with E-state index in [1.54, 1.807) is 18.3 Å². The summed E-state index contributed by atoms with van der Waals surface area (Å²) in [7, 11) is 0. The molecule has 1 heterocycles. The number of ether oxygens (including phenoxy) is 1. The van der Waals surface area contributed by atoms with Gasteiger partial charge in [0.15, 0.2) is 5.76 Å². The zero-order valence-corrected chi connectivity index (χ0v) is 10.4. The number of aliphatic carboxylic acids is 1. The van der Waals surface area contributed by atoms with Gasteiger partial charge in [-0.3, -0.25) is 0 Å². The molecule has 0 aliphatic rings. The van der Waals surface area contributed by atoms with Crippen molar-refractivity contribution in [2.24, 2.45) is 0 Å². The third-order valence-electron chi connectivity index (χ3n) is 2.43. The van der Waals surface area contributed by atoms with Crippen molar-refractivity contribution < 1.29 is 19.2 Å². The van der Waals surface area contributed by atoms with Crippen LogP contribution in [0.5, 0.6) is 5.75 Å². The van der Waals surface area contributed by atoms with Gasteiger partial charge in [-0.2, -0.15) is 0 Å². The molecule has 0 fully saturated rings. The fourth-order valence-corrected chi connectivity index (χ4v) is 1.56. The van der Waals surface area contributed by atoms with Crippen molar-refractivity contribution in [2.45, 2.75) is 13.5 Å². The topological polar surface area (TPSA) is 72.6 Å². The number of aromatic nitrogens is 1. The van der Waals surface area contributed by atoms with E-state index < -0.39 is 5.97 Å². The molecule has 0 bridgehead atoms. The number of hydrogen-bond donors (Lipinski definition) is 1. The lowest BCUT2D eigenvalue weighted by atomic mass is 10.1. The van der Waals surface area contributed by atoms with Gasteiger partial charge in [0, 0.05) is 17.7 Å². The molecule has 98 valence electrons. The summed E-state index contributed by atoms with van der Waals surface area (Å²) in [5.41, 5.74) is 1.74. The summed E-state index contributed by atoms with van der Waals surface area (Å²) in [6.07, 6.45) is 4.13. The van der Waals surface area contributed by atoms with Crippen molar-refractivity contribution >= 4 is 12.0 Å². The summed E-state index contributed by atoms with van der Waals surface area (Å²) in [5.74, 6) is 0.205. The van der Waals surface area contributed by atoms with Gasteiger partial charge in [-0.05, 0) is 25.1 Å². The van der Waals surface area contributed by atoms with Crippen LogP contribution in [0, 0.1) is 6.92 Å². The minimum atomic E-state index is -0.998. The van der Waals surface area contributed by atoms with Gasteiger partial charge in [-0.25, -0.2) is 4.79 Å². The van der Waals surface area contributed by atoms with Crippen molar-refractivity contribution in [2.75, 3.05) is 0 Å². The fourth-order valence-electron chi connectivity index (χ4n) is 1.56. The lowest BCUT2D eigenvalue weighted by molar-refractivity contribution is -0.131. The zero-order chi connectivity index (χ0) is 13.7. The van der Waals surface area contributed by atoms with E-state index in [4.69, 9.17) is 14.4 Å². The number of aryl methyl sites for hydroxylation is 1. The first-order valence-electron chi connectivity index (χ1n) is 5.69. The van der Waals surface area contributed by atoms with E-state index >= 15 is 0 Å². The minimum absolute atomic E-state index is 0.247. The van der Waals surface area contributed by atoms with Crippen LogP contribution >= 0.6 is 0 Å². The lowest BCUT2D eigenvalue weighted by Gasteiger charge is -2.08. The molecule has 0 aliphatic heterocycles. The van der Waals surface area contributed by atoms with Crippen molar-refractivity contribution in [3.05, 3.63) is 53.4 Å². The van der Waals surface area contributed by atoms with Crippen LogP contribution in [0.4, 0.5) is 0 Å². The lowest BCUT2D eigenvalue weighted by Crippen LogP contribution is -1.96. The highest BCUT2D eigenvalue weighted by Crippen LogP contribution is 2.22. The molecule has 5 heteroatoms. The molecule has 5 nitrogen and oxygen atoms in total. The number of carboxylic acid groups (broad SMARTS) is 1. The van der Waals surface area contributed by atoms with E-state index in [0.29, 0.717) is 17.1 Å². The number of hydrogen-bond acceptors (Lipinski definition) is 4. The molecule has 1 aromatic carbocycles. The van der Waals surface area contributed by atoms with Crippen LogP contribution in [0.1, 0.15) is 16.9 Å². The van der Waals surface area contributed by atoms with Crippen molar-refractivity contribution in [1.29, 1.82) is 0 Å². The number of carboxylic acids is 1. The number of carbonyl (C=O) groups is 1. The van der Waals surface area contributed by atoms with Crippen molar-refractivity contribution in [3.8, 4) is 5.75 Å². The standard InChI is InChI=1S/C14H13NO4/c1-10-2-4-13(11(8-10)3-5-14(16)17)18-9-12-6-7-15-19-12/h2-8H,9H2,1H3,(H,16,17). The molecule has 2 rings (SSSR count). The molecule has 0 saturated heterocycles. The highest BCUT2D eigenvalue weighted by Gasteiger charge is 2.04. The Morgan fingerprint density at radius 3 is 3.00 bits per heavy atom. The number of rotatable bonds is 5. The predicted octanol–water partition coefficient (Wildman–Crippen LogP) is 2.66. The molecule has 0 spiro atoms. The summed E-state index contributed by atoms with van der Waals surface area (Å²) in [6, 6.07) is 7.26. The second-order valence-corrected chi connectivity index (χ2v) is 3.98. The third-order valence-corrected chi connectivity index (χ3v) is 2.43. The SMILES string of the molecule is Cc1ccc(OCc2ccno2)c(C=CC(=O)O)c1. The first-order valence-corrected chi connectivity index (χ1v) is 5.69. The Morgan fingerprint density at radius 1 is 1.47 bits per heavy atom. The number of benzene rings is 1. The van der Waals surface area contributed by atoms with Crippen LogP contribution in [-0.2, 0) is 11.4 Å². The molecule has 0 aliphatic carbocycles. The van der Waals surface area contributed by atoms with Gasteiger partial charge in [-0.1, -0.05) is 16.8 Å². The van der Waals surface area contributed by atoms with Crippen LogP contribution in [-0.4, -0.2) is 16.2 Å². The predicted molar refractivity (Wildman–Crippen MR) is 68.7 cm³/mol. The maximum atomic E-state index is 10.6. The smallest absolute Gasteiger partial charge is 0.328 e. The van der Waals surface area contributed by atoms with Gasteiger partial charge < -0.3 is 14.4 Å². The van der Waals surface area contributed by atoms with Crippen LogP contribution in [0.3, 0.4) is 0 Å². The first kappa shape index (κ1) is 12.9. The normalized spacial score (nSPS) is 10.8. The summed E-state index contributed by atoms with van der Waals surface area (Å²) < 4.78 is 10.5. The highest BCUT2D eigenvalue weighted by molar-refractivity contribution is 5.85. The monoisotopic (exact) mass is 259 g/mol. The largest absolute Gasteiger partial charge is 0.485 e. The van der Waals surface area contributed by atoms with E-state index in [1.807, 2.05) is 19.1 Å². The number of nitrogens with zero attached hydrogens (tertiary/aromatic N) is 1. The van der Waals surface area contributed by atoms with E-state index in [9.17, 15) is 4.79 Å². The van der Waals surface area contributed by atoms with Gasteiger partial charge in [0.1, 0.15) is 12.4 Å². The van der Waals surface area contributed by atoms with E-state index in [1.165, 1.54) is 6.08 Å². The Bertz CT molecular complexity index is 587. The second-order valence-electron chi connectivity index (χ2n) is 3.98. The van der Waals surface area contributed by atoms with Crippen LogP contribution < -0.4 is 4.74 Å². The molecule has 0 amide bonds. The highest BCUT2D eigenvalue weighted by atomic mass is 16.5. The summed E-state index contributed by atoms with van der Waals surface area (Å²) in [6.45, 7) is 2.18. The van der Waals surface area contributed by atoms with Crippen molar-refractivity contribution in [1.82, 2.24) is 5.16 Å². The quantitative estimate of drug-likeness (QED) is 0.836. The Hall–Kier alpha value is -2.56. The summed E-state index contributed by atoms with van der Waals surface area (Å²) in [5, 5.41) is 12.2. The Balaban J connectivity index is 2.16. The van der Waals surface area contributed by atoms with Crippen LogP contribution in [0.25, 0.3) is 6.08 Å². The molecule has 0 atom stereocenters. The summed E-state index contributed by atoms with van der Waals surface area (Å²) >= 11 is 0. The van der Waals surface area contributed by atoms with Gasteiger partial charge >= 0.3 is 5.97 Å². The van der Waals surface area contributed by atoms with E-state index in [0.717, 1.165) is 11.6 Å². The van der Waals surface area contributed by atoms with E-state index in [-0.39, 0.29) is 6.61 Å².